The zero-order valence-corrected chi connectivity index (χ0v) is 17.0. The fourth-order valence-corrected chi connectivity index (χ4v) is 3.04. The summed E-state index contributed by atoms with van der Waals surface area (Å²) < 4.78 is 0. The van der Waals surface area contributed by atoms with Crippen LogP contribution in [-0.4, -0.2) is 60.0 Å². The van der Waals surface area contributed by atoms with Crippen LogP contribution in [0.1, 0.15) is 21.6 Å². The molecule has 0 amide bonds. The average Bonchev–Trinajstić information content (AvgIpc) is 2.72. The first-order valence-corrected chi connectivity index (χ1v) is 9.15. The lowest BCUT2D eigenvalue weighted by Gasteiger charge is -2.34. The van der Waals surface area contributed by atoms with E-state index in [2.05, 4.69) is 21.8 Å². The van der Waals surface area contributed by atoms with Crippen molar-refractivity contribution in [2.75, 3.05) is 38.1 Å². The van der Waals surface area contributed by atoms with Crippen molar-refractivity contribution >= 4 is 42.0 Å². The van der Waals surface area contributed by atoms with Gasteiger partial charge in [-0.2, -0.15) is 0 Å². The fourth-order valence-electron chi connectivity index (χ4n) is 3.04. The summed E-state index contributed by atoms with van der Waals surface area (Å²) in [5, 5.41) is 8.64. The number of halogens is 1. The van der Waals surface area contributed by atoms with Gasteiger partial charge in [-0.05, 0) is 49.0 Å². The van der Waals surface area contributed by atoms with Gasteiger partial charge in [0.2, 0.25) is 0 Å². The molecule has 0 spiro atoms. The van der Waals surface area contributed by atoms with E-state index < -0.39 is 5.97 Å². The first-order valence-electron chi connectivity index (χ1n) is 9.15. The number of piperazine rings is 1. The van der Waals surface area contributed by atoms with Gasteiger partial charge >= 0.3 is 5.97 Å². The van der Waals surface area contributed by atoms with Crippen molar-refractivity contribution in [3.63, 3.8) is 0 Å². The molecular weight excluding hydrogens is 390 g/mol. The molecule has 1 N–H and O–H groups in total. The first-order chi connectivity index (χ1) is 13.5. The molecule has 0 unspecified atom stereocenters. The van der Waals surface area contributed by atoms with Gasteiger partial charge in [0.15, 0.2) is 5.78 Å². The molecule has 1 fully saturated rings. The van der Waals surface area contributed by atoms with E-state index >= 15 is 0 Å². The fraction of sp³-hybridized carbons (Fsp3) is 0.227. The van der Waals surface area contributed by atoms with Crippen molar-refractivity contribution in [2.24, 2.45) is 0 Å². The maximum Gasteiger partial charge on any atom is 0.328 e. The van der Waals surface area contributed by atoms with Crippen molar-refractivity contribution in [1.82, 2.24) is 9.88 Å². The van der Waals surface area contributed by atoms with Crippen LogP contribution in [0, 0.1) is 0 Å². The number of allylic oxidation sites excluding steroid dienone is 1. The lowest BCUT2D eigenvalue weighted by atomic mass is 10.1. The van der Waals surface area contributed by atoms with Crippen LogP contribution in [0.3, 0.4) is 0 Å². The van der Waals surface area contributed by atoms with Gasteiger partial charge in [0.05, 0.1) is 5.69 Å². The maximum absolute atomic E-state index is 12.8. The molecule has 1 aliphatic heterocycles. The van der Waals surface area contributed by atoms with Gasteiger partial charge in [0, 0.05) is 49.7 Å². The van der Waals surface area contributed by atoms with E-state index in [1.54, 1.807) is 30.5 Å². The summed E-state index contributed by atoms with van der Waals surface area (Å²) in [4.78, 5) is 32.0. The third-order valence-corrected chi connectivity index (χ3v) is 4.65. The van der Waals surface area contributed by atoms with E-state index in [9.17, 15) is 9.59 Å². The number of para-hydroxylation sites is 1. The van der Waals surface area contributed by atoms with Crippen molar-refractivity contribution in [2.45, 2.75) is 0 Å². The molecule has 1 aliphatic rings. The highest BCUT2D eigenvalue weighted by molar-refractivity contribution is 6.10. The second kappa shape index (κ2) is 10.5. The number of aliphatic carboxylic acids is 1. The van der Waals surface area contributed by atoms with Gasteiger partial charge in [-0.1, -0.05) is 18.2 Å². The number of ketones is 1. The molecule has 1 saturated heterocycles. The highest BCUT2D eigenvalue weighted by Gasteiger charge is 2.18. The third-order valence-electron chi connectivity index (χ3n) is 4.65. The number of carboxylic acid groups (broad SMARTS) is 1. The summed E-state index contributed by atoms with van der Waals surface area (Å²) in [6, 6.07) is 11.2. The van der Waals surface area contributed by atoms with Crippen LogP contribution in [0.5, 0.6) is 0 Å². The van der Waals surface area contributed by atoms with Crippen molar-refractivity contribution in [3.05, 3.63) is 71.6 Å². The smallest absolute Gasteiger partial charge is 0.328 e. The van der Waals surface area contributed by atoms with E-state index in [1.165, 1.54) is 6.08 Å². The number of carbonyl (C=O) groups excluding carboxylic acids is 1. The molecular formula is C22H24ClN3O3. The molecule has 3 rings (SSSR count). The molecule has 0 aliphatic carbocycles. The summed E-state index contributed by atoms with van der Waals surface area (Å²) >= 11 is 0. The Bertz CT molecular complexity index is 902. The Morgan fingerprint density at radius 3 is 2.38 bits per heavy atom. The van der Waals surface area contributed by atoms with Crippen LogP contribution < -0.4 is 4.90 Å². The SMILES string of the molecule is CN1CCN(c2ccccc2C(=O)/C=C/c2ccc(/C=C/C(=O)O)nc2)CC1.Cl. The molecule has 2 heterocycles. The topological polar surface area (TPSA) is 73.7 Å². The molecule has 1 aromatic carbocycles. The average molecular weight is 414 g/mol. The predicted molar refractivity (Wildman–Crippen MR) is 118 cm³/mol. The molecule has 0 saturated carbocycles. The number of carboxylic acids is 1. The largest absolute Gasteiger partial charge is 0.478 e. The molecule has 6 nitrogen and oxygen atoms in total. The second-order valence-corrected chi connectivity index (χ2v) is 6.69. The summed E-state index contributed by atoms with van der Waals surface area (Å²) in [6.07, 6.45) is 7.35. The highest BCUT2D eigenvalue weighted by Crippen LogP contribution is 2.23. The van der Waals surface area contributed by atoms with Gasteiger partial charge in [-0.3, -0.25) is 9.78 Å². The van der Waals surface area contributed by atoms with Crippen LogP contribution in [0.25, 0.3) is 12.2 Å². The molecule has 0 atom stereocenters. The van der Waals surface area contributed by atoms with Crippen molar-refractivity contribution < 1.29 is 14.7 Å². The molecule has 7 heteroatoms. The number of benzene rings is 1. The number of hydrogen-bond donors (Lipinski definition) is 1. The standard InChI is InChI=1S/C22H23N3O3.ClH/c1-24-12-14-25(15-13-24)20-5-3-2-4-19(20)21(26)10-7-17-6-8-18(23-16-17)9-11-22(27)28;/h2-11,16H,12-15H2,1H3,(H,27,28);1H/b10-7+,11-9+;. The monoisotopic (exact) mass is 413 g/mol. The summed E-state index contributed by atoms with van der Waals surface area (Å²) in [5.74, 6) is -1.07. The van der Waals surface area contributed by atoms with E-state index in [4.69, 9.17) is 5.11 Å². The molecule has 0 radical (unpaired) electrons. The number of carbonyl (C=O) groups is 2. The van der Waals surface area contributed by atoms with Gasteiger partial charge in [0.25, 0.3) is 0 Å². The van der Waals surface area contributed by atoms with Crippen LogP contribution in [-0.2, 0) is 4.79 Å². The first kappa shape index (κ1) is 22.3. The Labute approximate surface area is 176 Å². The number of rotatable bonds is 6. The second-order valence-electron chi connectivity index (χ2n) is 6.69. The zero-order chi connectivity index (χ0) is 19.9. The minimum absolute atomic E-state index is 0. The lowest BCUT2D eigenvalue weighted by molar-refractivity contribution is -0.131. The van der Waals surface area contributed by atoms with Crippen molar-refractivity contribution in [3.8, 4) is 0 Å². The minimum Gasteiger partial charge on any atom is -0.478 e. The molecule has 0 bridgehead atoms. The molecule has 152 valence electrons. The number of anilines is 1. The molecule has 29 heavy (non-hydrogen) atoms. The van der Waals surface area contributed by atoms with E-state index in [0.29, 0.717) is 11.3 Å². The quantitative estimate of drug-likeness (QED) is 0.579. The molecule has 1 aromatic heterocycles. The third kappa shape index (κ3) is 6.27. The normalized spacial score (nSPS) is 14.9. The Balaban J connectivity index is 0.00000300. The number of likely N-dealkylation sites (N-methyl/N-ethyl adjacent to an activating group) is 1. The lowest BCUT2D eigenvalue weighted by Crippen LogP contribution is -2.44. The minimum atomic E-state index is -1.02. The van der Waals surface area contributed by atoms with Crippen molar-refractivity contribution in [1.29, 1.82) is 0 Å². The van der Waals surface area contributed by atoms with Crippen LogP contribution in [0.15, 0.2) is 54.7 Å². The van der Waals surface area contributed by atoms with Crippen LogP contribution >= 0.6 is 12.4 Å². The zero-order valence-electron chi connectivity index (χ0n) is 16.2. The highest BCUT2D eigenvalue weighted by atomic mass is 35.5. The predicted octanol–water partition coefficient (Wildman–Crippen LogP) is 3.25. The Morgan fingerprint density at radius 2 is 1.72 bits per heavy atom. The van der Waals surface area contributed by atoms with Gasteiger partial charge in [0.1, 0.15) is 0 Å². The van der Waals surface area contributed by atoms with Crippen LogP contribution in [0.4, 0.5) is 5.69 Å². The number of hydrogen-bond acceptors (Lipinski definition) is 5. The summed E-state index contributed by atoms with van der Waals surface area (Å²) in [5.41, 5.74) is 2.99. The van der Waals surface area contributed by atoms with E-state index in [-0.39, 0.29) is 18.2 Å². The Morgan fingerprint density at radius 1 is 1.00 bits per heavy atom. The number of aromatic nitrogens is 1. The Hall–Kier alpha value is -2.96. The number of nitrogens with zero attached hydrogens (tertiary/aromatic N) is 3. The summed E-state index contributed by atoms with van der Waals surface area (Å²) in [7, 11) is 2.11. The molecule has 2 aromatic rings. The van der Waals surface area contributed by atoms with Gasteiger partial charge in [-0.15, -0.1) is 12.4 Å². The van der Waals surface area contributed by atoms with Gasteiger partial charge in [-0.25, -0.2) is 4.79 Å². The van der Waals surface area contributed by atoms with E-state index in [0.717, 1.165) is 43.5 Å². The number of pyridine rings is 1. The van der Waals surface area contributed by atoms with Gasteiger partial charge < -0.3 is 14.9 Å². The maximum atomic E-state index is 12.8. The van der Waals surface area contributed by atoms with Crippen LogP contribution in [0.2, 0.25) is 0 Å². The van der Waals surface area contributed by atoms with E-state index in [1.807, 2.05) is 24.3 Å². The Kier molecular flexibility index (Phi) is 8.12. The summed E-state index contributed by atoms with van der Waals surface area (Å²) in [6.45, 7) is 3.76.